The van der Waals surface area contributed by atoms with Crippen LogP contribution in [-0.2, 0) is 9.26 Å². The molecule has 6 nitrogen and oxygen atoms in total. The molecular formula is C9H12F2N3O3P. The van der Waals surface area contributed by atoms with Crippen molar-refractivity contribution in [1.29, 1.82) is 0 Å². The molecule has 1 saturated heterocycles. The summed E-state index contributed by atoms with van der Waals surface area (Å²) in [6.07, 6.45) is -1.81. The summed E-state index contributed by atoms with van der Waals surface area (Å²) < 4.78 is 38.0. The van der Waals surface area contributed by atoms with Gasteiger partial charge in [0.25, 0.3) is 5.92 Å². The molecule has 1 fully saturated rings. The number of ether oxygens (including phenoxy) is 1. The van der Waals surface area contributed by atoms with Crippen LogP contribution in [0, 0.1) is 0 Å². The summed E-state index contributed by atoms with van der Waals surface area (Å²) in [4.78, 5) is 14.9. The fourth-order valence-corrected chi connectivity index (χ4v) is 2.03. The van der Waals surface area contributed by atoms with Crippen molar-refractivity contribution < 1.29 is 18.0 Å². The average molecular weight is 279 g/mol. The molecule has 0 saturated carbocycles. The van der Waals surface area contributed by atoms with Crippen molar-refractivity contribution in [3.63, 3.8) is 0 Å². The normalized spacial score (nSPS) is 26.4. The van der Waals surface area contributed by atoms with E-state index in [4.69, 9.17) is 10.5 Å². The molecule has 100 valence electrons. The van der Waals surface area contributed by atoms with Crippen LogP contribution in [0.15, 0.2) is 17.1 Å². The number of hydrogen-bond acceptors (Lipinski definition) is 5. The first-order valence-electron chi connectivity index (χ1n) is 5.13. The maximum Gasteiger partial charge on any atom is 0.351 e. The Hall–Kier alpha value is -1.11. The molecular weight excluding hydrogens is 267 g/mol. The molecule has 0 aromatic carbocycles. The summed E-state index contributed by atoms with van der Waals surface area (Å²) >= 11 is 0. The first kappa shape index (κ1) is 13.3. The van der Waals surface area contributed by atoms with E-state index >= 15 is 0 Å². The molecule has 18 heavy (non-hydrogen) atoms. The molecule has 1 aliphatic heterocycles. The van der Waals surface area contributed by atoms with Gasteiger partial charge in [-0.3, -0.25) is 4.57 Å². The lowest BCUT2D eigenvalue weighted by Gasteiger charge is -2.19. The summed E-state index contributed by atoms with van der Waals surface area (Å²) in [7, 11) is 1.96. The van der Waals surface area contributed by atoms with Gasteiger partial charge in [0.05, 0.1) is 12.7 Å². The van der Waals surface area contributed by atoms with Crippen LogP contribution < -0.4 is 11.4 Å². The topological polar surface area (TPSA) is 79.4 Å². The van der Waals surface area contributed by atoms with E-state index in [1.54, 1.807) is 0 Å². The number of halogens is 2. The van der Waals surface area contributed by atoms with Crippen molar-refractivity contribution in [2.75, 3.05) is 12.3 Å². The van der Waals surface area contributed by atoms with Gasteiger partial charge in [0.2, 0.25) is 6.23 Å². The zero-order valence-corrected chi connectivity index (χ0v) is 10.4. The number of hydrogen-bond donors (Lipinski definition) is 1. The molecule has 1 aromatic heterocycles. The van der Waals surface area contributed by atoms with E-state index in [0.717, 1.165) is 10.8 Å². The molecule has 9 heteroatoms. The quantitative estimate of drug-likeness (QED) is 0.818. The summed E-state index contributed by atoms with van der Waals surface area (Å²) in [5, 5.41) is 0. The Morgan fingerprint density at radius 1 is 1.72 bits per heavy atom. The molecule has 0 bridgehead atoms. The smallest absolute Gasteiger partial charge is 0.351 e. The number of nitrogen functional groups attached to an aromatic ring is 1. The van der Waals surface area contributed by atoms with Gasteiger partial charge in [0, 0.05) is 22.1 Å². The largest absolute Gasteiger partial charge is 0.383 e. The van der Waals surface area contributed by atoms with E-state index in [2.05, 4.69) is 9.51 Å². The van der Waals surface area contributed by atoms with Crippen molar-refractivity contribution in [3.8, 4) is 0 Å². The molecule has 2 unspecified atom stereocenters. The van der Waals surface area contributed by atoms with Crippen molar-refractivity contribution in [2.45, 2.75) is 24.7 Å². The predicted octanol–water partition coefficient (Wildman–Crippen LogP) is 0.555. The molecule has 2 N–H and O–H groups in total. The summed E-state index contributed by atoms with van der Waals surface area (Å²) in [5.41, 5.74) is 4.42. The molecule has 1 aromatic rings. The van der Waals surface area contributed by atoms with Gasteiger partial charge >= 0.3 is 5.69 Å². The van der Waals surface area contributed by atoms with Gasteiger partial charge < -0.3 is 15.0 Å². The number of nitrogens with two attached hydrogens (primary N) is 1. The number of anilines is 1. The molecule has 1 aliphatic rings. The lowest BCUT2D eigenvalue weighted by atomic mass is 10.2. The van der Waals surface area contributed by atoms with E-state index in [0.29, 0.717) is 0 Å². The maximum absolute atomic E-state index is 13.7. The molecule has 0 amide bonds. The fourth-order valence-electron chi connectivity index (χ4n) is 1.81. The highest BCUT2D eigenvalue weighted by atomic mass is 31.0. The van der Waals surface area contributed by atoms with Crippen LogP contribution in [-0.4, -0.2) is 28.2 Å². The fraction of sp³-hybridized carbons (Fsp3) is 0.556. The summed E-state index contributed by atoms with van der Waals surface area (Å²) in [5.74, 6) is -3.18. The van der Waals surface area contributed by atoms with E-state index in [1.807, 2.05) is 9.47 Å². The molecule has 2 rings (SSSR count). The highest BCUT2D eigenvalue weighted by Crippen LogP contribution is 2.41. The maximum atomic E-state index is 13.7. The van der Waals surface area contributed by atoms with E-state index in [-0.39, 0.29) is 12.4 Å². The van der Waals surface area contributed by atoms with Crippen LogP contribution in [0.25, 0.3) is 0 Å². The zero-order valence-electron chi connectivity index (χ0n) is 9.25. The second kappa shape index (κ2) is 4.87. The Labute approximate surface area is 103 Å². The third-order valence-electron chi connectivity index (χ3n) is 2.57. The minimum Gasteiger partial charge on any atom is -0.383 e. The van der Waals surface area contributed by atoms with Crippen molar-refractivity contribution in [3.05, 3.63) is 22.7 Å². The van der Waals surface area contributed by atoms with Crippen molar-refractivity contribution in [1.82, 2.24) is 9.55 Å². The third kappa shape index (κ3) is 2.50. The number of alkyl halides is 2. The van der Waals surface area contributed by atoms with Gasteiger partial charge in [-0.1, -0.05) is 0 Å². The molecule has 3 atom stereocenters. The Kier molecular flexibility index (Phi) is 3.61. The Bertz CT molecular complexity index is 496. The first-order chi connectivity index (χ1) is 8.44. The van der Waals surface area contributed by atoms with Crippen LogP contribution in [0.4, 0.5) is 14.6 Å². The van der Waals surface area contributed by atoms with Crippen LogP contribution in [0.1, 0.15) is 12.6 Å². The minimum atomic E-state index is -3.16. The van der Waals surface area contributed by atoms with E-state index < -0.39 is 30.4 Å². The standard InChI is InChI=1S/C9H12F2N3O3P/c10-9(11)3-5(4-16-18)17-7(9)14-2-1-6(12)13-8(14)15/h1-2,5,7H,3-4,18H2,(H2,12,13,15)/t5?,7-/m1/s1. The number of rotatable bonds is 3. The lowest BCUT2D eigenvalue weighted by Crippen LogP contribution is -2.35. The minimum absolute atomic E-state index is 0.00785. The molecule has 0 spiro atoms. The predicted molar refractivity (Wildman–Crippen MR) is 62.0 cm³/mol. The van der Waals surface area contributed by atoms with Crippen LogP contribution >= 0.6 is 9.47 Å². The number of aromatic nitrogens is 2. The van der Waals surface area contributed by atoms with E-state index in [9.17, 15) is 13.6 Å². The van der Waals surface area contributed by atoms with Gasteiger partial charge in [-0.05, 0) is 6.07 Å². The second-order valence-corrected chi connectivity index (χ2v) is 4.28. The van der Waals surface area contributed by atoms with Crippen molar-refractivity contribution >= 4 is 15.3 Å². The Morgan fingerprint density at radius 3 is 3.06 bits per heavy atom. The monoisotopic (exact) mass is 279 g/mol. The molecule has 0 aliphatic carbocycles. The van der Waals surface area contributed by atoms with Crippen LogP contribution in [0.5, 0.6) is 0 Å². The van der Waals surface area contributed by atoms with Gasteiger partial charge in [-0.15, -0.1) is 0 Å². The third-order valence-corrected chi connectivity index (χ3v) is 2.76. The average Bonchev–Trinajstić information content (AvgIpc) is 2.54. The van der Waals surface area contributed by atoms with E-state index in [1.165, 1.54) is 6.07 Å². The van der Waals surface area contributed by atoms with Crippen LogP contribution in [0.2, 0.25) is 0 Å². The highest BCUT2D eigenvalue weighted by Gasteiger charge is 2.51. The van der Waals surface area contributed by atoms with Gasteiger partial charge in [0.15, 0.2) is 0 Å². The Morgan fingerprint density at radius 2 is 2.44 bits per heavy atom. The Balaban J connectivity index is 2.29. The SMILES string of the molecule is Nc1ccn([C@@H]2OC(COP)CC2(F)F)c(=O)n1. The zero-order chi connectivity index (χ0) is 13.3. The number of nitrogens with zero attached hydrogens (tertiary/aromatic N) is 2. The molecule has 0 radical (unpaired) electrons. The van der Waals surface area contributed by atoms with Crippen molar-refractivity contribution in [2.24, 2.45) is 0 Å². The van der Waals surface area contributed by atoms with Crippen LogP contribution in [0.3, 0.4) is 0 Å². The summed E-state index contributed by atoms with van der Waals surface area (Å²) in [6.45, 7) is 0.00785. The first-order valence-corrected chi connectivity index (χ1v) is 5.61. The lowest BCUT2D eigenvalue weighted by molar-refractivity contribution is -0.119. The summed E-state index contributed by atoms with van der Waals surface area (Å²) in [6, 6.07) is 1.26. The highest BCUT2D eigenvalue weighted by molar-refractivity contribution is 7.09. The second-order valence-electron chi connectivity index (χ2n) is 3.95. The molecule has 2 heterocycles. The van der Waals surface area contributed by atoms with Gasteiger partial charge in [-0.25, -0.2) is 13.6 Å². The van der Waals surface area contributed by atoms with Gasteiger partial charge in [0.1, 0.15) is 5.82 Å². The van der Waals surface area contributed by atoms with Gasteiger partial charge in [-0.2, -0.15) is 4.98 Å².